The molecule has 198 valence electrons. The van der Waals surface area contributed by atoms with Crippen LogP contribution in [0, 0.1) is 10.1 Å². The molecule has 0 saturated heterocycles. The number of carbonyl (C=O) groups excluding carboxylic acids is 2. The Balaban J connectivity index is 1.50. The first kappa shape index (κ1) is 27.6. The monoisotopic (exact) mass is 531 g/mol. The molecule has 37 heavy (non-hydrogen) atoms. The van der Waals surface area contributed by atoms with E-state index in [0.717, 1.165) is 42.3 Å². The molecule has 0 radical (unpaired) electrons. The Hall–Kier alpha value is -4.00. The van der Waals surface area contributed by atoms with Gasteiger partial charge in [0.1, 0.15) is 12.3 Å². The highest BCUT2D eigenvalue weighted by Gasteiger charge is 2.22. The van der Waals surface area contributed by atoms with Crippen LogP contribution in [0.5, 0.6) is 5.75 Å². The Bertz CT molecular complexity index is 1240. The molecule has 13 heteroatoms. The van der Waals surface area contributed by atoms with Crippen LogP contribution in [0.25, 0.3) is 0 Å². The molecule has 0 bridgehead atoms. The molecular weight excluding hydrogens is 502 g/mol. The van der Waals surface area contributed by atoms with Crippen molar-refractivity contribution in [2.75, 3.05) is 23.7 Å². The number of benzene rings is 2. The fraction of sp³-hybridized carbons (Fsp3) is 0.375. The Morgan fingerprint density at radius 3 is 2.49 bits per heavy atom. The Morgan fingerprint density at radius 2 is 1.84 bits per heavy atom. The van der Waals surface area contributed by atoms with E-state index in [9.17, 15) is 28.1 Å². The van der Waals surface area contributed by atoms with E-state index in [1.807, 2.05) is 0 Å². The van der Waals surface area contributed by atoms with Crippen LogP contribution < -0.4 is 19.8 Å². The Kier molecular flexibility index (Phi) is 9.55. The largest absolute Gasteiger partial charge is 0.484 e. The minimum atomic E-state index is -3.90. The number of ether oxygens (including phenoxy) is 1. The minimum Gasteiger partial charge on any atom is -0.484 e. The van der Waals surface area contributed by atoms with Gasteiger partial charge in [0.2, 0.25) is 10.0 Å². The first-order valence-electron chi connectivity index (χ1n) is 11.7. The van der Waals surface area contributed by atoms with E-state index in [4.69, 9.17) is 4.74 Å². The zero-order valence-corrected chi connectivity index (χ0v) is 21.1. The van der Waals surface area contributed by atoms with Gasteiger partial charge < -0.3 is 10.1 Å². The highest BCUT2D eigenvalue weighted by Crippen LogP contribution is 2.23. The van der Waals surface area contributed by atoms with E-state index in [-0.39, 0.29) is 29.9 Å². The topological polar surface area (TPSA) is 160 Å². The predicted molar refractivity (Wildman–Crippen MR) is 138 cm³/mol. The van der Waals surface area contributed by atoms with E-state index in [1.165, 1.54) is 30.8 Å². The zero-order chi connectivity index (χ0) is 26.8. The third-order valence-electron chi connectivity index (χ3n) is 5.64. The predicted octanol–water partition coefficient (Wildman–Crippen LogP) is 2.34. The normalized spacial score (nSPS) is 14.2. The summed E-state index contributed by atoms with van der Waals surface area (Å²) in [4.78, 5) is 34.7. The summed E-state index contributed by atoms with van der Waals surface area (Å²) in [6.45, 7) is -0.700. The van der Waals surface area contributed by atoms with Crippen molar-refractivity contribution in [3.05, 3.63) is 64.2 Å². The molecule has 12 nitrogen and oxygen atoms in total. The summed E-state index contributed by atoms with van der Waals surface area (Å²) >= 11 is 0. The molecule has 3 rings (SSSR count). The summed E-state index contributed by atoms with van der Waals surface area (Å²) in [6, 6.07) is 11.9. The van der Waals surface area contributed by atoms with Gasteiger partial charge in [-0.15, -0.1) is 0 Å². The van der Waals surface area contributed by atoms with Crippen molar-refractivity contribution in [3.8, 4) is 5.75 Å². The number of sulfonamides is 1. The standard InChI is InChI=1S/C24H29N5O7S/c1-37(34,35)28(20-8-5-9-21(14-20)29(32)33)16-23(30)27-25-15-18-10-12-22(13-11-18)36-17-24(31)26-19-6-3-2-4-7-19/h5,8-15,19H,2-4,6-7,16-17H2,1H3,(H,26,31)(H,27,30)/b25-15-. The maximum atomic E-state index is 12.3. The number of non-ortho nitro benzene ring substituents is 1. The average Bonchev–Trinajstić information content (AvgIpc) is 2.87. The van der Waals surface area contributed by atoms with Gasteiger partial charge in [0.05, 0.1) is 23.1 Å². The summed E-state index contributed by atoms with van der Waals surface area (Å²) in [6.07, 6.45) is 7.71. The molecule has 1 saturated carbocycles. The minimum absolute atomic E-state index is 0.0150. The fourth-order valence-electron chi connectivity index (χ4n) is 3.82. The second-order valence-electron chi connectivity index (χ2n) is 8.60. The smallest absolute Gasteiger partial charge is 0.271 e. The molecule has 2 aromatic carbocycles. The van der Waals surface area contributed by atoms with Crippen LogP contribution in [-0.4, -0.2) is 56.8 Å². The molecule has 2 aromatic rings. The lowest BCUT2D eigenvalue weighted by molar-refractivity contribution is -0.384. The van der Waals surface area contributed by atoms with E-state index >= 15 is 0 Å². The molecule has 0 heterocycles. The van der Waals surface area contributed by atoms with Gasteiger partial charge in [0, 0.05) is 18.2 Å². The second kappa shape index (κ2) is 12.8. The molecule has 0 atom stereocenters. The quantitative estimate of drug-likeness (QED) is 0.256. The lowest BCUT2D eigenvalue weighted by Gasteiger charge is -2.22. The van der Waals surface area contributed by atoms with Gasteiger partial charge in [-0.25, -0.2) is 13.8 Å². The number of rotatable bonds is 11. The van der Waals surface area contributed by atoms with Gasteiger partial charge in [0.15, 0.2) is 6.61 Å². The number of amides is 2. The number of nitro benzene ring substituents is 1. The summed E-state index contributed by atoms with van der Waals surface area (Å²) < 4.78 is 30.6. The number of nitrogens with zero attached hydrogens (tertiary/aromatic N) is 3. The van der Waals surface area contributed by atoms with Gasteiger partial charge in [-0.1, -0.05) is 25.3 Å². The number of nitrogens with one attached hydrogen (secondary N) is 2. The van der Waals surface area contributed by atoms with Crippen molar-refractivity contribution in [1.29, 1.82) is 0 Å². The molecule has 1 aliphatic carbocycles. The Morgan fingerprint density at radius 1 is 1.14 bits per heavy atom. The number of hydrogen-bond donors (Lipinski definition) is 2. The summed E-state index contributed by atoms with van der Waals surface area (Å²) in [7, 11) is -3.90. The maximum Gasteiger partial charge on any atom is 0.271 e. The molecule has 0 unspecified atom stereocenters. The molecule has 0 spiro atoms. The molecular formula is C24H29N5O7S. The fourth-order valence-corrected chi connectivity index (χ4v) is 4.67. The van der Waals surface area contributed by atoms with Crippen molar-refractivity contribution >= 4 is 39.4 Å². The number of hydrazone groups is 1. The highest BCUT2D eigenvalue weighted by atomic mass is 32.2. The van der Waals surface area contributed by atoms with Crippen molar-refractivity contribution in [2.45, 2.75) is 38.1 Å². The molecule has 2 amide bonds. The summed E-state index contributed by atoms with van der Waals surface area (Å²) in [5.41, 5.74) is 2.54. The van der Waals surface area contributed by atoms with Gasteiger partial charge >= 0.3 is 0 Å². The van der Waals surface area contributed by atoms with Crippen molar-refractivity contribution in [1.82, 2.24) is 10.7 Å². The second-order valence-corrected chi connectivity index (χ2v) is 10.5. The molecule has 0 aliphatic heterocycles. The first-order chi connectivity index (χ1) is 17.6. The van der Waals surface area contributed by atoms with Gasteiger partial charge in [-0.05, 0) is 48.7 Å². The SMILES string of the molecule is CS(=O)(=O)N(CC(=O)N/N=C\c1ccc(OCC(=O)NC2CCCCC2)cc1)c1cccc([N+](=O)[O-])c1. The highest BCUT2D eigenvalue weighted by molar-refractivity contribution is 7.92. The lowest BCUT2D eigenvalue weighted by Crippen LogP contribution is -2.39. The molecule has 2 N–H and O–H groups in total. The zero-order valence-electron chi connectivity index (χ0n) is 20.3. The maximum absolute atomic E-state index is 12.3. The van der Waals surface area contributed by atoms with Crippen LogP contribution in [0.2, 0.25) is 0 Å². The third-order valence-corrected chi connectivity index (χ3v) is 6.78. The van der Waals surface area contributed by atoms with Crippen LogP contribution >= 0.6 is 0 Å². The third kappa shape index (κ3) is 8.86. The van der Waals surface area contributed by atoms with Crippen LogP contribution in [0.15, 0.2) is 53.6 Å². The van der Waals surface area contributed by atoms with Crippen LogP contribution in [0.1, 0.15) is 37.7 Å². The summed E-state index contributed by atoms with van der Waals surface area (Å²) in [5.74, 6) is -0.397. The van der Waals surface area contributed by atoms with Gasteiger partial charge in [0.25, 0.3) is 17.5 Å². The van der Waals surface area contributed by atoms with Gasteiger partial charge in [-0.3, -0.25) is 24.0 Å². The number of nitro groups is 1. The van der Waals surface area contributed by atoms with Gasteiger partial charge in [-0.2, -0.15) is 5.10 Å². The molecule has 0 aromatic heterocycles. The Labute approximate surface area is 214 Å². The van der Waals surface area contributed by atoms with Crippen molar-refractivity contribution < 1.29 is 27.7 Å². The molecule has 1 aliphatic rings. The number of anilines is 1. The number of carbonyl (C=O) groups is 2. The van der Waals surface area contributed by atoms with E-state index in [1.54, 1.807) is 24.3 Å². The molecule has 1 fully saturated rings. The van der Waals surface area contributed by atoms with Crippen molar-refractivity contribution in [3.63, 3.8) is 0 Å². The lowest BCUT2D eigenvalue weighted by atomic mass is 9.95. The first-order valence-corrected chi connectivity index (χ1v) is 13.5. The van der Waals surface area contributed by atoms with Crippen LogP contribution in [-0.2, 0) is 19.6 Å². The summed E-state index contributed by atoms with van der Waals surface area (Å²) in [5, 5.41) is 17.8. The average molecular weight is 532 g/mol. The number of hydrogen-bond acceptors (Lipinski definition) is 8. The van der Waals surface area contributed by atoms with E-state index in [2.05, 4.69) is 15.8 Å². The van der Waals surface area contributed by atoms with Crippen LogP contribution in [0.4, 0.5) is 11.4 Å². The van der Waals surface area contributed by atoms with E-state index in [0.29, 0.717) is 11.3 Å². The van der Waals surface area contributed by atoms with Crippen LogP contribution in [0.3, 0.4) is 0 Å². The van der Waals surface area contributed by atoms with E-state index < -0.39 is 27.4 Å². The van der Waals surface area contributed by atoms with Crippen molar-refractivity contribution in [2.24, 2.45) is 5.10 Å².